The van der Waals surface area contributed by atoms with Crippen molar-refractivity contribution < 1.29 is 9.53 Å². The molecule has 0 unspecified atom stereocenters. The van der Waals surface area contributed by atoms with E-state index < -0.39 is 0 Å². The molecule has 0 aromatic carbocycles. The third-order valence-corrected chi connectivity index (χ3v) is 5.01. The molecule has 1 aliphatic heterocycles. The minimum atomic E-state index is -0.0577. The standard InChI is InChI=1S/C20H26N6O2/c1-15-13-16(2)22-19-18(15)20(25-6-3-4-7-25)23-26(19)14-17(27)21-5-8-24-9-11-28-12-10-24/h3-4,6-7,13H,5,8-12,14H2,1-2H3,(H,21,27). The first-order valence-electron chi connectivity index (χ1n) is 9.67. The van der Waals surface area contributed by atoms with Crippen LogP contribution in [0.5, 0.6) is 0 Å². The van der Waals surface area contributed by atoms with E-state index in [1.807, 2.05) is 42.1 Å². The second-order valence-electron chi connectivity index (χ2n) is 7.15. The number of nitrogens with one attached hydrogen (secondary N) is 1. The highest BCUT2D eigenvalue weighted by Crippen LogP contribution is 2.25. The van der Waals surface area contributed by atoms with Crippen molar-refractivity contribution in [3.63, 3.8) is 0 Å². The first-order chi connectivity index (χ1) is 13.6. The summed E-state index contributed by atoms with van der Waals surface area (Å²) in [6.07, 6.45) is 3.90. The maximum absolute atomic E-state index is 12.5. The topological polar surface area (TPSA) is 77.2 Å². The summed E-state index contributed by atoms with van der Waals surface area (Å²) in [6, 6.07) is 5.96. The molecule has 1 saturated heterocycles. The van der Waals surface area contributed by atoms with Gasteiger partial charge in [-0.15, -0.1) is 0 Å². The summed E-state index contributed by atoms with van der Waals surface area (Å²) in [5, 5.41) is 8.68. The van der Waals surface area contributed by atoms with Gasteiger partial charge in [-0.2, -0.15) is 5.10 Å². The molecule has 0 atom stereocenters. The van der Waals surface area contributed by atoms with Crippen LogP contribution in [0.25, 0.3) is 16.9 Å². The number of fused-ring (bicyclic) bond motifs is 1. The second kappa shape index (κ2) is 8.12. The maximum atomic E-state index is 12.5. The van der Waals surface area contributed by atoms with Gasteiger partial charge in [-0.3, -0.25) is 9.69 Å². The molecule has 0 saturated carbocycles. The van der Waals surface area contributed by atoms with Crippen LogP contribution in [0.4, 0.5) is 0 Å². The molecule has 1 N–H and O–H groups in total. The van der Waals surface area contributed by atoms with Gasteiger partial charge in [0.1, 0.15) is 6.54 Å². The molecule has 1 amide bonds. The van der Waals surface area contributed by atoms with Crippen LogP contribution >= 0.6 is 0 Å². The number of hydrogen-bond acceptors (Lipinski definition) is 5. The summed E-state index contributed by atoms with van der Waals surface area (Å²) in [5.41, 5.74) is 2.76. The molecule has 0 bridgehead atoms. The zero-order valence-corrected chi connectivity index (χ0v) is 16.4. The van der Waals surface area contributed by atoms with Crippen LogP contribution < -0.4 is 5.32 Å². The van der Waals surface area contributed by atoms with Gasteiger partial charge in [-0.05, 0) is 37.6 Å². The Hall–Kier alpha value is -2.71. The van der Waals surface area contributed by atoms with Crippen LogP contribution in [0.2, 0.25) is 0 Å². The van der Waals surface area contributed by atoms with Crippen molar-refractivity contribution in [3.05, 3.63) is 41.9 Å². The molecular weight excluding hydrogens is 356 g/mol. The van der Waals surface area contributed by atoms with E-state index in [0.29, 0.717) is 6.54 Å². The van der Waals surface area contributed by atoms with Gasteiger partial charge in [0.05, 0.1) is 18.6 Å². The Morgan fingerprint density at radius 1 is 1.21 bits per heavy atom. The zero-order chi connectivity index (χ0) is 19.5. The summed E-state index contributed by atoms with van der Waals surface area (Å²) in [4.78, 5) is 19.5. The molecule has 4 heterocycles. The molecule has 0 aliphatic carbocycles. The summed E-state index contributed by atoms with van der Waals surface area (Å²) in [6.45, 7) is 8.98. The number of rotatable bonds is 6. The van der Waals surface area contributed by atoms with E-state index in [0.717, 1.165) is 61.0 Å². The van der Waals surface area contributed by atoms with Crippen LogP contribution in [0.3, 0.4) is 0 Å². The van der Waals surface area contributed by atoms with Crippen LogP contribution in [-0.4, -0.2) is 69.5 Å². The number of morpholine rings is 1. The van der Waals surface area contributed by atoms with Crippen molar-refractivity contribution in [3.8, 4) is 5.82 Å². The summed E-state index contributed by atoms with van der Waals surface area (Å²) in [7, 11) is 0. The van der Waals surface area contributed by atoms with Crippen LogP contribution in [-0.2, 0) is 16.1 Å². The van der Waals surface area contributed by atoms with Gasteiger partial charge in [0.2, 0.25) is 5.91 Å². The van der Waals surface area contributed by atoms with Crippen molar-refractivity contribution in [1.82, 2.24) is 29.5 Å². The van der Waals surface area contributed by atoms with Gasteiger partial charge < -0.3 is 14.6 Å². The molecule has 148 valence electrons. The molecule has 28 heavy (non-hydrogen) atoms. The van der Waals surface area contributed by atoms with Gasteiger partial charge >= 0.3 is 0 Å². The minimum absolute atomic E-state index is 0.0577. The zero-order valence-electron chi connectivity index (χ0n) is 16.4. The van der Waals surface area contributed by atoms with E-state index in [-0.39, 0.29) is 12.5 Å². The van der Waals surface area contributed by atoms with E-state index in [4.69, 9.17) is 9.84 Å². The predicted molar refractivity (Wildman–Crippen MR) is 107 cm³/mol. The van der Waals surface area contributed by atoms with E-state index in [9.17, 15) is 4.79 Å². The Bertz CT molecular complexity index is 957. The lowest BCUT2D eigenvalue weighted by atomic mass is 10.2. The summed E-state index contributed by atoms with van der Waals surface area (Å²) >= 11 is 0. The van der Waals surface area contributed by atoms with E-state index in [2.05, 4.69) is 22.1 Å². The number of hydrogen-bond donors (Lipinski definition) is 1. The van der Waals surface area contributed by atoms with Crippen molar-refractivity contribution in [2.45, 2.75) is 20.4 Å². The molecule has 0 spiro atoms. The number of amides is 1. The molecule has 1 aliphatic rings. The number of pyridine rings is 1. The number of aryl methyl sites for hydroxylation is 2. The van der Waals surface area contributed by atoms with E-state index >= 15 is 0 Å². The van der Waals surface area contributed by atoms with Gasteiger partial charge in [-0.1, -0.05) is 0 Å². The summed E-state index contributed by atoms with van der Waals surface area (Å²) < 4.78 is 9.01. The highest BCUT2D eigenvalue weighted by molar-refractivity contribution is 5.88. The number of carbonyl (C=O) groups is 1. The quantitative estimate of drug-likeness (QED) is 0.695. The van der Waals surface area contributed by atoms with E-state index in [1.54, 1.807) is 4.68 Å². The fraction of sp³-hybridized carbons (Fsp3) is 0.450. The smallest absolute Gasteiger partial charge is 0.241 e. The monoisotopic (exact) mass is 382 g/mol. The predicted octanol–water partition coefficient (Wildman–Crippen LogP) is 1.29. The van der Waals surface area contributed by atoms with Crippen LogP contribution in [0.15, 0.2) is 30.6 Å². The average molecular weight is 382 g/mol. The van der Waals surface area contributed by atoms with Gasteiger partial charge in [-0.25, -0.2) is 9.67 Å². The number of carbonyl (C=O) groups excluding carboxylic acids is 1. The molecule has 0 radical (unpaired) electrons. The Morgan fingerprint density at radius 3 is 2.71 bits per heavy atom. The fourth-order valence-corrected chi connectivity index (χ4v) is 3.63. The highest BCUT2D eigenvalue weighted by Gasteiger charge is 2.18. The SMILES string of the molecule is Cc1cc(C)c2c(-n3cccc3)nn(CC(=O)NCCN3CCOCC3)c2n1. The van der Waals surface area contributed by atoms with Crippen molar-refractivity contribution in [1.29, 1.82) is 0 Å². The lowest BCUT2D eigenvalue weighted by Crippen LogP contribution is -2.41. The molecule has 8 heteroatoms. The summed E-state index contributed by atoms with van der Waals surface area (Å²) in [5.74, 6) is 0.740. The number of ether oxygens (including phenoxy) is 1. The lowest BCUT2D eigenvalue weighted by Gasteiger charge is -2.26. The van der Waals surface area contributed by atoms with Crippen LogP contribution in [0, 0.1) is 13.8 Å². The van der Waals surface area contributed by atoms with Crippen molar-refractivity contribution >= 4 is 16.9 Å². The van der Waals surface area contributed by atoms with E-state index in [1.165, 1.54) is 0 Å². The fourth-order valence-electron chi connectivity index (χ4n) is 3.63. The minimum Gasteiger partial charge on any atom is -0.379 e. The van der Waals surface area contributed by atoms with Gasteiger partial charge in [0.15, 0.2) is 11.5 Å². The molecule has 4 rings (SSSR count). The normalized spacial score (nSPS) is 15.2. The van der Waals surface area contributed by atoms with Crippen LogP contribution in [0.1, 0.15) is 11.3 Å². The molecule has 1 fully saturated rings. The molecule has 3 aromatic heterocycles. The lowest BCUT2D eigenvalue weighted by molar-refractivity contribution is -0.121. The Labute approximate surface area is 164 Å². The number of aromatic nitrogens is 4. The Balaban J connectivity index is 1.51. The molecule has 3 aromatic rings. The van der Waals surface area contributed by atoms with Gasteiger partial charge in [0.25, 0.3) is 0 Å². The van der Waals surface area contributed by atoms with Crippen molar-refractivity contribution in [2.75, 3.05) is 39.4 Å². The first kappa shape index (κ1) is 18.6. The second-order valence-corrected chi connectivity index (χ2v) is 7.15. The third kappa shape index (κ3) is 3.93. The average Bonchev–Trinajstić information content (AvgIpc) is 3.31. The third-order valence-electron chi connectivity index (χ3n) is 5.01. The molecule has 8 nitrogen and oxygen atoms in total. The molecular formula is C20H26N6O2. The Morgan fingerprint density at radius 2 is 1.96 bits per heavy atom. The number of nitrogens with zero attached hydrogens (tertiary/aromatic N) is 5. The van der Waals surface area contributed by atoms with Gasteiger partial charge in [0, 0.05) is 44.3 Å². The largest absolute Gasteiger partial charge is 0.379 e. The maximum Gasteiger partial charge on any atom is 0.241 e. The highest BCUT2D eigenvalue weighted by atomic mass is 16.5. The first-order valence-corrected chi connectivity index (χ1v) is 9.67. The Kier molecular flexibility index (Phi) is 5.40. The van der Waals surface area contributed by atoms with Crippen molar-refractivity contribution in [2.24, 2.45) is 0 Å².